The summed E-state index contributed by atoms with van der Waals surface area (Å²) in [5, 5.41) is 0. The zero-order valence-electron chi connectivity index (χ0n) is 9.88. The lowest BCUT2D eigenvalue weighted by molar-refractivity contribution is 0.897. The zero-order valence-corrected chi connectivity index (χ0v) is 10.9. The van der Waals surface area contributed by atoms with E-state index in [0.29, 0.717) is 0 Å². The van der Waals surface area contributed by atoms with Crippen LogP contribution in [0.15, 0.2) is 49.9 Å². The Morgan fingerprint density at radius 1 is 0.733 bits per heavy atom. The molecule has 84 valence electrons. The Kier molecular flexibility index (Phi) is 8.02. The molecule has 0 aromatic heterocycles. The van der Waals surface area contributed by atoms with Gasteiger partial charge in [0, 0.05) is 0 Å². The first-order valence-corrected chi connectivity index (χ1v) is 8.30. The van der Waals surface area contributed by atoms with Crippen molar-refractivity contribution in [2.45, 2.75) is 37.8 Å². The number of hydrogen-bond donors (Lipinski definition) is 0. The maximum atomic E-state index is 4.00. The average molecular weight is 220 g/mol. The van der Waals surface area contributed by atoms with Gasteiger partial charge in [-0.3, -0.25) is 0 Å². The van der Waals surface area contributed by atoms with Crippen LogP contribution in [-0.2, 0) is 0 Å². The van der Waals surface area contributed by atoms with Crippen molar-refractivity contribution < 1.29 is 0 Å². The highest BCUT2D eigenvalue weighted by Gasteiger charge is 2.23. The van der Waals surface area contributed by atoms with Gasteiger partial charge in [0.05, 0.1) is 0 Å². The van der Waals surface area contributed by atoms with Gasteiger partial charge >= 0.3 is 0 Å². The maximum absolute atomic E-state index is 4.00. The molecule has 15 heavy (non-hydrogen) atoms. The minimum atomic E-state index is -1.39. The largest absolute Gasteiger partial charge is 0.107 e. The fourth-order valence-electron chi connectivity index (χ4n) is 1.77. The minimum Gasteiger partial charge on any atom is -0.107 e. The van der Waals surface area contributed by atoms with Crippen molar-refractivity contribution in [2.24, 2.45) is 0 Å². The monoisotopic (exact) mass is 220 g/mol. The topological polar surface area (TPSA) is 0 Å². The molecule has 0 radical (unpaired) electrons. The number of unbranched alkanes of at least 4 members (excludes halogenated alkanes) is 2. The van der Waals surface area contributed by atoms with E-state index in [-0.39, 0.29) is 0 Å². The molecular formula is C14H24Si. The van der Waals surface area contributed by atoms with Crippen LogP contribution in [0, 0.1) is 0 Å². The molecule has 0 N–H and O–H groups in total. The zero-order chi connectivity index (χ0) is 11.6. The molecule has 0 saturated carbocycles. The lowest BCUT2D eigenvalue weighted by atomic mass is 10.3. The van der Waals surface area contributed by atoms with Crippen molar-refractivity contribution in [2.75, 3.05) is 0 Å². The summed E-state index contributed by atoms with van der Waals surface area (Å²) >= 11 is 0. The standard InChI is InChI=1S/C14H24Si/c1-5-9-11-13-15(7-3,8-4)14-12-10-6-2/h5-8H,1-4,9-14H2. The average Bonchev–Trinajstić information content (AvgIpc) is 2.28. The molecule has 0 aliphatic heterocycles. The van der Waals surface area contributed by atoms with E-state index in [4.69, 9.17) is 0 Å². The number of allylic oxidation sites excluding steroid dienone is 2. The van der Waals surface area contributed by atoms with Gasteiger partial charge in [-0.15, -0.1) is 26.3 Å². The third-order valence-electron chi connectivity index (χ3n) is 2.91. The van der Waals surface area contributed by atoms with Crippen molar-refractivity contribution in [3.8, 4) is 0 Å². The lowest BCUT2D eigenvalue weighted by Crippen LogP contribution is -2.28. The predicted octanol–water partition coefficient (Wildman–Crippen LogP) is 4.82. The molecule has 0 bridgehead atoms. The second-order valence-electron chi connectivity index (χ2n) is 4.00. The van der Waals surface area contributed by atoms with E-state index in [0.717, 1.165) is 12.8 Å². The molecule has 0 saturated heterocycles. The molecule has 0 nitrogen and oxygen atoms in total. The van der Waals surface area contributed by atoms with Crippen molar-refractivity contribution in [3.63, 3.8) is 0 Å². The van der Waals surface area contributed by atoms with E-state index in [2.05, 4.69) is 37.7 Å². The maximum Gasteiger partial charge on any atom is 0.100 e. The SMILES string of the molecule is C=CCCC[Si](C=C)(C=C)CCCC=C. The molecule has 0 rings (SSSR count). The van der Waals surface area contributed by atoms with Gasteiger partial charge in [0.15, 0.2) is 0 Å². The van der Waals surface area contributed by atoms with E-state index in [1.54, 1.807) is 0 Å². The minimum absolute atomic E-state index is 1.11. The van der Waals surface area contributed by atoms with Crippen molar-refractivity contribution in [3.05, 3.63) is 49.9 Å². The fourth-order valence-corrected chi connectivity index (χ4v) is 4.73. The van der Waals surface area contributed by atoms with Gasteiger partial charge in [-0.05, 0) is 12.8 Å². The van der Waals surface area contributed by atoms with Gasteiger partial charge in [0.2, 0.25) is 0 Å². The highest BCUT2D eigenvalue weighted by Crippen LogP contribution is 2.24. The highest BCUT2D eigenvalue weighted by atomic mass is 28.3. The molecule has 0 spiro atoms. The molecule has 1 heteroatoms. The van der Waals surface area contributed by atoms with Crippen molar-refractivity contribution in [1.29, 1.82) is 0 Å². The normalized spacial score (nSPS) is 10.7. The van der Waals surface area contributed by atoms with Gasteiger partial charge in [0.25, 0.3) is 0 Å². The van der Waals surface area contributed by atoms with Crippen LogP contribution in [0.5, 0.6) is 0 Å². The van der Waals surface area contributed by atoms with Gasteiger partial charge in [0.1, 0.15) is 8.07 Å². The van der Waals surface area contributed by atoms with Crippen LogP contribution >= 0.6 is 0 Å². The van der Waals surface area contributed by atoms with E-state index >= 15 is 0 Å². The van der Waals surface area contributed by atoms with Crippen LogP contribution in [0.2, 0.25) is 12.1 Å². The van der Waals surface area contributed by atoms with Gasteiger partial charge in [-0.1, -0.05) is 48.5 Å². The first kappa shape index (κ1) is 14.2. The summed E-state index contributed by atoms with van der Waals surface area (Å²) in [5.74, 6) is 0. The Labute approximate surface area is 96.1 Å². The summed E-state index contributed by atoms with van der Waals surface area (Å²) in [6.45, 7) is 15.5. The Hall–Kier alpha value is -0.823. The Balaban J connectivity index is 4.15. The second kappa shape index (κ2) is 8.48. The molecule has 0 amide bonds. The third-order valence-corrected chi connectivity index (χ3v) is 7.11. The first-order valence-electron chi connectivity index (χ1n) is 5.73. The first-order chi connectivity index (χ1) is 7.24. The molecule has 0 aliphatic rings. The third kappa shape index (κ3) is 5.58. The Bertz CT molecular complexity index is 191. The highest BCUT2D eigenvalue weighted by molar-refractivity contribution is 6.88. The van der Waals surface area contributed by atoms with E-state index < -0.39 is 8.07 Å². The Morgan fingerprint density at radius 3 is 1.40 bits per heavy atom. The predicted molar refractivity (Wildman–Crippen MR) is 74.6 cm³/mol. The van der Waals surface area contributed by atoms with Crippen molar-refractivity contribution >= 4 is 8.07 Å². The van der Waals surface area contributed by atoms with E-state index in [1.165, 1.54) is 24.9 Å². The summed E-state index contributed by atoms with van der Waals surface area (Å²) in [6.07, 6.45) is 8.66. The quantitative estimate of drug-likeness (QED) is 0.281. The Morgan fingerprint density at radius 2 is 1.13 bits per heavy atom. The fraction of sp³-hybridized carbons (Fsp3) is 0.429. The van der Waals surface area contributed by atoms with Crippen LogP contribution in [-0.4, -0.2) is 8.07 Å². The van der Waals surface area contributed by atoms with Crippen molar-refractivity contribution in [1.82, 2.24) is 0 Å². The summed E-state index contributed by atoms with van der Waals surface area (Å²) in [4.78, 5) is 0. The van der Waals surface area contributed by atoms with Crippen LogP contribution in [0.4, 0.5) is 0 Å². The summed E-state index contributed by atoms with van der Waals surface area (Å²) in [7, 11) is -1.39. The van der Waals surface area contributed by atoms with Gasteiger partial charge in [-0.2, -0.15) is 0 Å². The molecule has 0 aromatic carbocycles. The van der Waals surface area contributed by atoms with E-state index in [1.807, 2.05) is 12.2 Å². The molecule has 0 heterocycles. The molecule has 0 atom stereocenters. The van der Waals surface area contributed by atoms with Crippen LogP contribution in [0.3, 0.4) is 0 Å². The summed E-state index contributed by atoms with van der Waals surface area (Å²) in [6, 6.07) is 2.53. The smallest absolute Gasteiger partial charge is 0.100 e. The second-order valence-corrected chi connectivity index (χ2v) is 8.29. The number of hydrogen-bond acceptors (Lipinski definition) is 0. The van der Waals surface area contributed by atoms with Crippen LogP contribution in [0.25, 0.3) is 0 Å². The molecule has 0 fully saturated rings. The molecule has 0 unspecified atom stereocenters. The summed E-state index contributed by atoms with van der Waals surface area (Å²) < 4.78 is 0. The van der Waals surface area contributed by atoms with Crippen LogP contribution < -0.4 is 0 Å². The lowest BCUT2D eigenvalue weighted by Gasteiger charge is -2.23. The van der Waals surface area contributed by atoms with Gasteiger partial charge < -0.3 is 0 Å². The van der Waals surface area contributed by atoms with E-state index in [9.17, 15) is 0 Å². The molecule has 0 aromatic rings. The van der Waals surface area contributed by atoms with Crippen LogP contribution in [0.1, 0.15) is 25.7 Å². The molecular weight excluding hydrogens is 196 g/mol. The summed E-state index contributed by atoms with van der Waals surface area (Å²) in [5.41, 5.74) is 4.37. The van der Waals surface area contributed by atoms with Gasteiger partial charge in [-0.25, -0.2) is 0 Å². The number of rotatable bonds is 10. The molecule has 0 aliphatic carbocycles.